The Morgan fingerprint density at radius 3 is 2.73 bits per heavy atom. The maximum Gasteiger partial charge on any atom is 0.266 e. The van der Waals surface area contributed by atoms with Crippen LogP contribution in [0.25, 0.3) is 6.08 Å². The molecule has 1 aromatic rings. The van der Waals surface area contributed by atoms with Gasteiger partial charge in [0.1, 0.15) is 4.32 Å². The fourth-order valence-corrected chi connectivity index (χ4v) is 3.22. The summed E-state index contributed by atoms with van der Waals surface area (Å²) in [6, 6.07) is 3.74. The zero-order chi connectivity index (χ0) is 16.4. The molecule has 0 aromatic heterocycles. The summed E-state index contributed by atoms with van der Waals surface area (Å²) in [5, 5.41) is 22.2. The Balaban J connectivity index is 2.31. The molecular formula is C14H13N2O4S2-. The highest BCUT2D eigenvalue weighted by atomic mass is 32.2. The summed E-state index contributed by atoms with van der Waals surface area (Å²) in [5.41, 5.74) is -0.0808. The van der Waals surface area contributed by atoms with Crippen LogP contribution in [0.4, 0.5) is 5.69 Å². The highest BCUT2D eigenvalue weighted by Crippen LogP contribution is 2.34. The topological polar surface area (TPSA) is 86.5 Å². The third kappa shape index (κ3) is 3.45. The maximum absolute atomic E-state index is 12.3. The van der Waals surface area contributed by atoms with E-state index in [1.54, 1.807) is 0 Å². The molecule has 1 heterocycles. The Labute approximate surface area is 137 Å². The van der Waals surface area contributed by atoms with Gasteiger partial charge in [-0.25, -0.2) is 0 Å². The van der Waals surface area contributed by atoms with E-state index in [4.69, 9.17) is 12.2 Å². The van der Waals surface area contributed by atoms with E-state index in [-0.39, 0.29) is 11.8 Å². The zero-order valence-corrected chi connectivity index (χ0v) is 13.6. The average molecular weight is 337 g/mol. The number of rotatable bonds is 4. The van der Waals surface area contributed by atoms with Crippen LogP contribution in [-0.4, -0.2) is 26.6 Å². The van der Waals surface area contributed by atoms with Crippen LogP contribution in [0.15, 0.2) is 23.1 Å². The van der Waals surface area contributed by atoms with Crippen LogP contribution in [0.1, 0.15) is 19.4 Å². The number of hydrogen-bond acceptors (Lipinski definition) is 6. The summed E-state index contributed by atoms with van der Waals surface area (Å²) in [6.45, 7) is 4.50. The highest BCUT2D eigenvalue weighted by Gasteiger charge is 2.32. The number of nitro groups is 1. The summed E-state index contributed by atoms with van der Waals surface area (Å²) < 4.78 is 0.472. The van der Waals surface area contributed by atoms with Gasteiger partial charge in [0.2, 0.25) is 0 Å². The van der Waals surface area contributed by atoms with Gasteiger partial charge < -0.3 is 5.11 Å². The van der Waals surface area contributed by atoms with Crippen molar-refractivity contribution in [2.45, 2.75) is 13.8 Å². The van der Waals surface area contributed by atoms with Crippen molar-refractivity contribution in [1.29, 1.82) is 0 Å². The Morgan fingerprint density at radius 1 is 1.45 bits per heavy atom. The van der Waals surface area contributed by atoms with Gasteiger partial charge in [-0.2, -0.15) is 0 Å². The lowest BCUT2D eigenvalue weighted by atomic mass is 10.1. The van der Waals surface area contributed by atoms with E-state index in [1.807, 2.05) is 13.8 Å². The molecule has 6 nitrogen and oxygen atoms in total. The molecule has 0 aliphatic carbocycles. The molecular weight excluding hydrogens is 324 g/mol. The summed E-state index contributed by atoms with van der Waals surface area (Å²) in [6.07, 6.45) is 1.52. The molecule has 0 N–H and O–H groups in total. The number of amides is 1. The molecule has 0 radical (unpaired) electrons. The van der Waals surface area contributed by atoms with Gasteiger partial charge in [0.25, 0.3) is 11.6 Å². The predicted molar refractivity (Wildman–Crippen MR) is 87.3 cm³/mol. The Hall–Kier alpha value is -1.93. The summed E-state index contributed by atoms with van der Waals surface area (Å²) >= 11 is 6.34. The fourth-order valence-electron chi connectivity index (χ4n) is 1.94. The number of nitrogens with zero attached hydrogens (tertiary/aromatic N) is 2. The summed E-state index contributed by atoms with van der Waals surface area (Å²) in [5.74, 6) is -0.588. The molecule has 0 spiro atoms. The molecule has 116 valence electrons. The lowest BCUT2D eigenvalue weighted by Crippen LogP contribution is -2.31. The first-order chi connectivity index (χ1) is 10.3. The molecule has 1 fully saturated rings. The zero-order valence-electron chi connectivity index (χ0n) is 11.9. The van der Waals surface area contributed by atoms with Crippen molar-refractivity contribution in [3.63, 3.8) is 0 Å². The minimum Gasteiger partial charge on any atom is -0.868 e. The average Bonchev–Trinajstić information content (AvgIpc) is 2.68. The van der Waals surface area contributed by atoms with Crippen molar-refractivity contribution in [3.05, 3.63) is 38.8 Å². The van der Waals surface area contributed by atoms with Gasteiger partial charge in [-0.1, -0.05) is 50.0 Å². The number of thioether (sulfide) groups is 1. The van der Waals surface area contributed by atoms with Crippen LogP contribution in [0.2, 0.25) is 0 Å². The second kappa shape index (κ2) is 6.45. The third-order valence-electron chi connectivity index (χ3n) is 2.90. The van der Waals surface area contributed by atoms with E-state index in [0.717, 1.165) is 23.9 Å². The van der Waals surface area contributed by atoms with Gasteiger partial charge >= 0.3 is 0 Å². The van der Waals surface area contributed by atoms with Gasteiger partial charge in [0.15, 0.2) is 0 Å². The lowest BCUT2D eigenvalue weighted by Gasteiger charge is -2.16. The summed E-state index contributed by atoms with van der Waals surface area (Å²) in [7, 11) is 0. The number of nitro benzene ring substituents is 1. The van der Waals surface area contributed by atoms with Gasteiger partial charge in [-0.05, 0) is 23.3 Å². The van der Waals surface area contributed by atoms with Crippen molar-refractivity contribution < 1.29 is 14.8 Å². The molecule has 22 heavy (non-hydrogen) atoms. The molecule has 8 heteroatoms. The molecule has 0 bridgehead atoms. The number of thiocarbonyl (C=S) groups is 1. The Kier molecular flexibility index (Phi) is 4.82. The smallest absolute Gasteiger partial charge is 0.266 e. The Bertz CT molecular complexity index is 685. The van der Waals surface area contributed by atoms with Crippen LogP contribution < -0.4 is 5.11 Å². The fraction of sp³-hybridized carbons (Fsp3) is 0.286. The molecule has 0 saturated carbocycles. The van der Waals surface area contributed by atoms with Crippen molar-refractivity contribution in [3.8, 4) is 5.75 Å². The van der Waals surface area contributed by atoms with Gasteiger partial charge in [0, 0.05) is 12.6 Å². The van der Waals surface area contributed by atoms with Crippen molar-refractivity contribution in [2.75, 3.05) is 6.54 Å². The van der Waals surface area contributed by atoms with E-state index < -0.39 is 16.4 Å². The largest absolute Gasteiger partial charge is 0.868 e. The second-order valence-corrected chi connectivity index (χ2v) is 6.85. The lowest BCUT2D eigenvalue weighted by molar-refractivity contribution is -0.398. The molecule has 2 rings (SSSR count). The first-order valence-corrected chi connectivity index (χ1v) is 7.73. The van der Waals surface area contributed by atoms with E-state index in [9.17, 15) is 20.0 Å². The number of benzene rings is 1. The van der Waals surface area contributed by atoms with Gasteiger partial charge in [0.05, 0.1) is 9.83 Å². The number of carbonyl (C=O) groups excluding carboxylic acids is 1. The second-order valence-electron chi connectivity index (χ2n) is 5.17. The normalized spacial score (nSPS) is 16.9. The van der Waals surface area contributed by atoms with Crippen LogP contribution in [0.5, 0.6) is 5.75 Å². The predicted octanol–water partition coefficient (Wildman–Crippen LogP) is 2.53. The van der Waals surface area contributed by atoms with Crippen LogP contribution in [0, 0.1) is 16.0 Å². The number of hydrogen-bond donors (Lipinski definition) is 0. The van der Waals surface area contributed by atoms with Crippen LogP contribution in [0.3, 0.4) is 0 Å². The standard InChI is InChI=1S/C14H14N2O4S2/c1-8(2)7-15-13(18)12(22-14(15)21)6-9-3-4-11(17)10(5-9)16(19)20/h3-6,8,17H,7H2,1-2H3/p-1/b12-6-. The third-order valence-corrected chi connectivity index (χ3v) is 4.28. The summed E-state index contributed by atoms with van der Waals surface area (Å²) in [4.78, 5) is 24.3. The van der Waals surface area contributed by atoms with E-state index in [0.29, 0.717) is 21.3 Å². The first kappa shape index (κ1) is 16.4. The van der Waals surface area contributed by atoms with Crippen molar-refractivity contribution in [2.24, 2.45) is 5.92 Å². The molecule has 1 aliphatic heterocycles. The van der Waals surface area contributed by atoms with E-state index in [1.165, 1.54) is 17.0 Å². The molecule has 0 atom stereocenters. The van der Waals surface area contributed by atoms with Gasteiger partial charge in [-0.3, -0.25) is 19.8 Å². The molecule has 0 unspecified atom stereocenters. The maximum atomic E-state index is 12.3. The molecule has 1 amide bonds. The van der Waals surface area contributed by atoms with Crippen molar-refractivity contribution in [1.82, 2.24) is 4.90 Å². The van der Waals surface area contributed by atoms with Crippen LogP contribution in [-0.2, 0) is 4.79 Å². The minimum atomic E-state index is -0.732. The van der Waals surface area contributed by atoms with E-state index in [2.05, 4.69) is 0 Å². The quantitative estimate of drug-likeness (QED) is 0.363. The van der Waals surface area contributed by atoms with Crippen molar-refractivity contribution >= 4 is 46.0 Å². The highest BCUT2D eigenvalue weighted by molar-refractivity contribution is 8.26. The molecule has 1 aliphatic rings. The first-order valence-electron chi connectivity index (χ1n) is 6.50. The number of carbonyl (C=O) groups is 1. The minimum absolute atomic E-state index is 0.211. The molecule has 1 saturated heterocycles. The van der Waals surface area contributed by atoms with E-state index >= 15 is 0 Å². The SMILES string of the molecule is CC(C)CN1C(=O)/C(=C/c2ccc([O-])c([N+](=O)[O-])c2)SC1=S. The van der Waals surface area contributed by atoms with Gasteiger partial charge in [-0.15, -0.1) is 0 Å². The Morgan fingerprint density at radius 2 is 2.14 bits per heavy atom. The molecule has 1 aromatic carbocycles. The van der Waals surface area contributed by atoms with Crippen LogP contribution >= 0.6 is 24.0 Å². The monoisotopic (exact) mass is 337 g/mol.